The fourth-order valence-electron chi connectivity index (χ4n) is 2.54. The number of fused-ring (bicyclic) bond motifs is 1. The lowest BCUT2D eigenvalue weighted by Crippen LogP contribution is -2.15. The van der Waals surface area contributed by atoms with Gasteiger partial charge in [-0.25, -0.2) is 0 Å². The Balaban J connectivity index is 1.80. The maximum atomic E-state index is 5.56. The average molecular weight is 285 g/mol. The van der Waals surface area contributed by atoms with E-state index >= 15 is 0 Å². The van der Waals surface area contributed by atoms with Crippen LogP contribution in [0.15, 0.2) is 53.4 Å². The largest absolute Gasteiger partial charge is 0.494 e. The van der Waals surface area contributed by atoms with Crippen molar-refractivity contribution in [2.24, 2.45) is 0 Å². The minimum absolute atomic E-state index is 0.393. The highest BCUT2D eigenvalue weighted by atomic mass is 32.2. The first-order valence-corrected chi connectivity index (χ1v) is 8.06. The lowest BCUT2D eigenvalue weighted by molar-refractivity contribution is 0.340. The number of hydrogen-bond acceptors (Lipinski definition) is 3. The van der Waals surface area contributed by atoms with Gasteiger partial charge in [0.25, 0.3) is 0 Å². The first-order valence-electron chi connectivity index (χ1n) is 7.08. The molecular formula is C17H19NOS. The van der Waals surface area contributed by atoms with Crippen LogP contribution in [0.1, 0.15) is 24.9 Å². The van der Waals surface area contributed by atoms with Crippen LogP contribution in [0.2, 0.25) is 0 Å². The molecule has 3 heteroatoms. The van der Waals surface area contributed by atoms with Crippen LogP contribution in [0.5, 0.6) is 5.75 Å². The molecule has 1 unspecified atom stereocenters. The maximum absolute atomic E-state index is 5.56. The molecular weight excluding hydrogens is 266 g/mol. The van der Waals surface area contributed by atoms with E-state index in [0.29, 0.717) is 12.6 Å². The van der Waals surface area contributed by atoms with E-state index in [9.17, 15) is 0 Å². The normalized spacial score (nSPS) is 17.4. The second kappa shape index (κ2) is 6.23. The number of benzene rings is 2. The Morgan fingerprint density at radius 3 is 3.00 bits per heavy atom. The van der Waals surface area contributed by atoms with Gasteiger partial charge < -0.3 is 10.1 Å². The molecule has 1 aliphatic rings. The summed E-state index contributed by atoms with van der Waals surface area (Å²) in [5.74, 6) is 2.09. The number of ether oxygens (including phenoxy) is 1. The number of anilines is 1. The standard InChI is InChI=1S/C17H19NOS/c1-2-19-14-7-5-6-13(12-14)18-16-10-11-20-17-9-4-3-8-15(16)17/h3-9,12,16,18H,2,10-11H2,1H3. The summed E-state index contributed by atoms with van der Waals surface area (Å²) in [6, 6.07) is 17.3. The molecule has 0 aromatic heterocycles. The van der Waals surface area contributed by atoms with E-state index in [1.54, 1.807) is 0 Å². The molecule has 1 N–H and O–H groups in total. The number of nitrogens with one attached hydrogen (secondary N) is 1. The predicted molar refractivity (Wildman–Crippen MR) is 85.8 cm³/mol. The van der Waals surface area contributed by atoms with Gasteiger partial charge in [0.1, 0.15) is 5.75 Å². The molecule has 1 aliphatic heterocycles. The van der Waals surface area contributed by atoms with Crippen LogP contribution in [0.4, 0.5) is 5.69 Å². The third kappa shape index (κ3) is 2.93. The smallest absolute Gasteiger partial charge is 0.121 e. The van der Waals surface area contributed by atoms with Crippen LogP contribution >= 0.6 is 11.8 Å². The van der Waals surface area contributed by atoms with E-state index in [1.165, 1.54) is 16.2 Å². The molecule has 1 heterocycles. The molecule has 2 aromatic rings. The highest BCUT2D eigenvalue weighted by molar-refractivity contribution is 7.99. The van der Waals surface area contributed by atoms with E-state index in [-0.39, 0.29) is 0 Å². The molecule has 0 amide bonds. The molecule has 20 heavy (non-hydrogen) atoms. The van der Waals surface area contributed by atoms with Gasteiger partial charge in [-0.05, 0) is 37.1 Å². The first kappa shape index (κ1) is 13.4. The van der Waals surface area contributed by atoms with E-state index in [0.717, 1.165) is 17.9 Å². The summed E-state index contributed by atoms with van der Waals surface area (Å²) >= 11 is 1.95. The lowest BCUT2D eigenvalue weighted by Gasteiger charge is -2.26. The minimum Gasteiger partial charge on any atom is -0.494 e. The van der Waals surface area contributed by atoms with Crippen molar-refractivity contribution in [1.82, 2.24) is 0 Å². The molecule has 1 atom stereocenters. The van der Waals surface area contributed by atoms with Gasteiger partial charge in [-0.3, -0.25) is 0 Å². The van der Waals surface area contributed by atoms with E-state index in [4.69, 9.17) is 4.74 Å². The summed E-state index contributed by atoms with van der Waals surface area (Å²) in [6.45, 7) is 2.71. The van der Waals surface area contributed by atoms with Crippen LogP contribution in [0.25, 0.3) is 0 Å². The zero-order chi connectivity index (χ0) is 13.8. The summed E-state index contributed by atoms with van der Waals surface area (Å²) in [5, 5.41) is 3.64. The molecule has 0 bridgehead atoms. The van der Waals surface area contributed by atoms with Crippen molar-refractivity contribution >= 4 is 17.4 Å². The number of thioether (sulfide) groups is 1. The van der Waals surface area contributed by atoms with Gasteiger partial charge in [0.05, 0.1) is 12.6 Å². The van der Waals surface area contributed by atoms with Crippen molar-refractivity contribution in [1.29, 1.82) is 0 Å². The Morgan fingerprint density at radius 1 is 1.20 bits per heavy atom. The molecule has 104 valence electrons. The van der Waals surface area contributed by atoms with Gasteiger partial charge in [0.2, 0.25) is 0 Å². The van der Waals surface area contributed by atoms with Crippen molar-refractivity contribution in [2.45, 2.75) is 24.3 Å². The zero-order valence-electron chi connectivity index (χ0n) is 11.6. The van der Waals surface area contributed by atoms with Gasteiger partial charge in [0, 0.05) is 22.4 Å². The first-order chi connectivity index (χ1) is 9.86. The highest BCUT2D eigenvalue weighted by Crippen LogP contribution is 2.37. The fraction of sp³-hybridized carbons (Fsp3) is 0.294. The molecule has 2 aromatic carbocycles. The molecule has 3 rings (SSSR count). The van der Waals surface area contributed by atoms with E-state index < -0.39 is 0 Å². The zero-order valence-corrected chi connectivity index (χ0v) is 12.5. The van der Waals surface area contributed by atoms with Gasteiger partial charge in [-0.1, -0.05) is 24.3 Å². The van der Waals surface area contributed by atoms with E-state index in [2.05, 4.69) is 41.7 Å². The van der Waals surface area contributed by atoms with Gasteiger partial charge in [-0.2, -0.15) is 0 Å². The van der Waals surface area contributed by atoms with Crippen LogP contribution in [0, 0.1) is 0 Å². The Hall–Kier alpha value is -1.61. The predicted octanol–water partition coefficient (Wildman–Crippen LogP) is 4.73. The third-order valence-electron chi connectivity index (χ3n) is 3.44. The monoisotopic (exact) mass is 285 g/mol. The molecule has 0 saturated carbocycles. The second-order valence-corrected chi connectivity index (χ2v) is 5.97. The molecule has 0 saturated heterocycles. The molecule has 0 aliphatic carbocycles. The molecule has 2 nitrogen and oxygen atoms in total. The Morgan fingerprint density at radius 2 is 2.10 bits per heavy atom. The van der Waals surface area contributed by atoms with Crippen molar-refractivity contribution in [3.63, 3.8) is 0 Å². The summed E-state index contributed by atoms with van der Waals surface area (Å²) in [7, 11) is 0. The third-order valence-corrected chi connectivity index (χ3v) is 4.57. The average Bonchev–Trinajstić information content (AvgIpc) is 2.48. The Kier molecular flexibility index (Phi) is 4.16. The molecule has 0 radical (unpaired) electrons. The van der Waals surface area contributed by atoms with Gasteiger partial charge in [-0.15, -0.1) is 11.8 Å². The van der Waals surface area contributed by atoms with Crippen LogP contribution in [0.3, 0.4) is 0 Å². The highest BCUT2D eigenvalue weighted by Gasteiger charge is 2.19. The SMILES string of the molecule is CCOc1cccc(NC2CCSc3ccccc32)c1. The summed E-state index contributed by atoms with van der Waals surface area (Å²) < 4.78 is 5.56. The van der Waals surface area contributed by atoms with E-state index in [1.807, 2.05) is 30.8 Å². The Bertz CT molecular complexity index is 585. The quantitative estimate of drug-likeness (QED) is 0.877. The van der Waals surface area contributed by atoms with Crippen molar-refractivity contribution < 1.29 is 4.74 Å². The second-order valence-electron chi connectivity index (χ2n) is 4.83. The summed E-state index contributed by atoms with van der Waals surface area (Å²) in [6.07, 6.45) is 1.15. The number of rotatable bonds is 4. The van der Waals surface area contributed by atoms with Crippen molar-refractivity contribution in [2.75, 3.05) is 17.7 Å². The lowest BCUT2D eigenvalue weighted by atomic mass is 10.0. The Labute approximate surface area is 124 Å². The van der Waals surface area contributed by atoms with Crippen molar-refractivity contribution in [3.05, 3.63) is 54.1 Å². The fourth-order valence-corrected chi connectivity index (χ4v) is 3.66. The number of hydrogen-bond donors (Lipinski definition) is 1. The van der Waals surface area contributed by atoms with Crippen LogP contribution in [-0.2, 0) is 0 Å². The van der Waals surface area contributed by atoms with Crippen LogP contribution < -0.4 is 10.1 Å². The van der Waals surface area contributed by atoms with Crippen molar-refractivity contribution in [3.8, 4) is 5.75 Å². The van der Waals surface area contributed by atoms with Crippen LogP contribution in [-0.4, -0.2) is 12.4 Å². The topological polar surface area (TPSA) is 21.3 Å². The van der Waals surface area contributed by atoms with Gasteiger partial charge >= 0.3 is 0 Å². The summed E-state index contributed by atoms with van der Waals surface area (Å²) in [4.78, 5) is 1.40. The summed E-state index contributed by atoms with van der Waals surface area (Å²) in [5.41, 5.74) is 2.54. The molecule has 0 spiro atoms. The molecule has 0 fully saturated rings. The minimum atomic E-state index is 0.393. The maximum Gasteiger partial charge on any atom is 0.121 e. The van der Waals surface area contributed by atoms with Gasteiger partial charge in [0.15, 0.2) is 0 Å².